The minimum atomic E-state index is -0.0537. The molecule has 2 heterocycles. The predicted octanol–water partition coefficient (Wildman–Crippen LogP) is 2.44. The van der Waals surface area contributed by atoms with E-state index in [4.69, 9.17) is 15.2 Å². The first-order chi connectivity index (χ1) is 11.5. The summed E-state index contributed by atoms with van der Waals surface area (Å²) in [4.78, 5) is 14.7. The molecule has 5 heteroatoms. The lowest BCUT2D eigenvalue weighted by molar-refractivity contribution is 0.0531. The Balaban J connectivity index is 1.63. The Labute approximate surface area is 144 Å². The zero-order valence-electron chi connectivity index (χ0n) is 14.7. The quantitative estimate of drug-likeness (QED) is 0.920. The van der Waals surface area contributed by atoms with Crippen LogP contribution in [0, 0.1) is 5.41 Å². The highest BCUT2D eigenvalue weighted by Gasteiger charge is 2.35. The van der Waals surface area contributed by atoms with Crippen molar-refractivity contribution >= 4 is 5.91 Å². The van der Waals surface area contributed by atoms with Crippen molar-refractivity contribution in [1.82, 2.24) is 4.90 Å². The summed E-state index contributed by atoms with van der Waals surface area (Å²) >= 11 is 0. The van der Waals surface area contributed by atoms with Crippen molar-refractivity contribution in [3.63, 3.8) is 0 Å². The molecule has 1 aromatic rings. The highest BCUT2D eigenvalue weighted by Crippen LogP contribution is 2.29. The number of rotatable bonds is 4. The smallest absolute Gasteiger partial charge is 0.254 e. The summed E-state index contributed by atoms with van der Waals surface area (Å²) in [5.41, 5.74) is 6.79. The Morgan fingerprint density at radius 1 is 1.42 bits per heavy atom. The number of carbonyl (C=O) groups is 1. The van der Waals surface area contributed by atoms with Crippen LogP contribution in [-0.2, 0) is 4.74 Å². The molecular weight excluding hydrogens is 304 g/mol. The third kappa shape index (κ3) is 3.90. The number of likely N-dealkylation sites (tertiary alicyclic amines) is 1. The van der Waals surface area contributed by atoms with Crippen LogP contribution in [0.15, 0.2) is 24.3 Å². The maximum Gasteiger partial charge on any atom is 0.254 e. The summed E-state index contributed by atoms with van der Waals surface area (Å²) in [6, 6.07) is 7.59. The van der Waals surface area contributed by atoms with Gasteiger partial charge in [0, 0.05) is 31.3 Å². The summed E-state index contributed by atoms with van der Waals surface area (Å²) < 4.78 is 11.4. The summed E-state index contributed by atoms with van der Waals surface area (Å²) in [6.45, 7) is 7.01. The van der Waals surface area contributed by atoms with Gasteiger partial charge in [0.15, 0.2) is 0 Å². The molecule has 2 unspecified atom stereocenters. The minimum absolute atomic E-state index is 0.0533. The molecule has 0 saturated carbocycles. The number of nitrogens with two attached hydrogens (primary N) is 1. The van der Waals surface area contributed by atoms with Crippen LogP contribution in [0.4, 0.5) is 0 Å². The second-order valence-corrected chi connectivity index (χ2v) is 7.58. The zero-order valence-corrected chi connectivity index (χ0v) is 14.7. The van der Waals surface area contributed by atoms with Crippen LogP contribution in [0.1, 0.15) is 43.5 Å². The van der Waals surface area contributed by atoms with Gasteiger partial charge in [-0.05, 0) is 42.9 Å². The van der Waals surface area contributed by atoms with Crippen molar-refractivity contribution in [3.8, 4) is 5.75 Å². The Morgan fingerprint density at radius 3 is 2.96 bits per heavy atom. The number of hydrogen-bond donors (Lipinski definition) is 1. The van der Waals surface area contributed by atoms with Gasteiger partial charge in [-0.1, -0.05) is 19.9 Å². The number of piperidine rings is 1. The van der Waals surface area contributed by atoms with Gasteiger partial charge in [-0.25, -0.2) is 0 Å². The number of carbonyl (C=O) groups excluding carboxylic acids is 1. The van der Waals surface area contributed by atoms with E-state index in [9.17, 15) is 4.79 Å². The van der Waals surface area contributed by atoms with Crippen molar-refractivity contribution in [2.45, 2.75) is 45.3 Å². The molecule has 24 heavy (non-hydrogen) atoms. The molecule has 1 aromatic carbocycles. The average molecular weight is 332 g/mol. The summed E-state index contributed by atoms with van der Waals surface area (Å²) in [6.07, 6.45) is 3.16. The molecule has 2 atom stereocenters. The van der Waals surface area contributed by atoms with E-state index in [1.54, 1.807) is 0 Å². The van der Waals surface area contributed by atoms with E-state index in [1.165, 1.54) is 0 Å². The molecule has 0 spiro atoms. The van der Waals surface area contributed by atoms with Gasteiger partial charge in [0.1, 0.15) is 12.4 Å². The minimum Gasteiger partial charge on any atom is -0.491 e. The molecule has 3 rings (SSSR count). The van der Waals surface area contributed by atoms with E-state index >= 15 is 0 Å². The van der Waals surface area contributed by atoms with E-state index in [0.717, 1.165) is 31.6 Å². The summed E-state index contributed by atoms with van der Waals surface area (Å²) in [5, 5.41) is 0. The number of hydrogen-bond acceptors (Lipinski definition) is 4. The van der Waals surface area contributed by atoms with Crippen molar-refractivity contribution in [2.75, 3.05) is 26.3 Å². The lowest BCUT2D eigenvalue weighted by Gasteiger charge is -2.42. The Kier molecular flexibility index (Phi) is 5.11. The largest absolute Gasteiger partial charge is 0.491 e. The molecule has 2 N–H and O–H groups in total. The first-order valence-corrected chi connectivity index (χ1v) is 8.85. The molecular formula is C19H28N2O3. The van der Waals surface area contributed by atoms with Gasteiger partial charge in [-0.15, -0.1) is 0 Å². The lowest BCUT2D eigenvalue weighted by Crippen LogP contribution is -2.53. The fourth-order valence-corrected chi connectivity index (χ4v) is 3.41. The van der Waals surface area contributed by atoms with Crippen LogP contribution in [0.25, 0.3) is 0 Å². The Hall–Kier alpha value is -1.59. The van der Waals surface area contributed by atoms with Crippen LogP contribution in [0.2, 0.25) is 0 Å². The first kappa shape index (κ1) is 17.2. The molecule has 2 aliphatic rings. The molecule has 5 nitrogen and oxygen atoms in total. The van der Waals surface area contributed by atoms with Crippen LogP contribution in [0.5, 0.6) is 5.75 Å². The van der Waals surface area contributed by atoms with E-state index < -0.39 is 0 Å². The Bertz CT molecular complexity index is 582. The van der Waals surface area contributed by atoms with Crippen molar-refractivity contribution in [3.05, 3.63) is 29.8 Å². The molecule has 0 bridgehead atoms. The maximum absolute atomic E-state index is 12.8. The molecule has 2 saturated heterocycles. The molecule has 2 fully saturated rings. The molecule has 132 valence electrons. The van der Waals surface area contributed by atoms with E-state index in [2.05, 4.69) is 13.8 Å². The number of ether oxygens (including phenoxy) is 2. The standard InChI is InChI=1S/C19H28N2O3/c1-19(2)13-21(9-8-17(19)20)18(22)14-5-3-6-15(11-14)24-12-16-7-4-10-23-16/h3,5-6,11,16-17H,4,7-10,12-13,20H2,1-2H3. The second kappa shape index (κ2) is 7.11. The fourth-order valence-electron chi connectivity index (χ4n) is 3.41. The van der Waals surface area contributed by atoms with E-state index in [0.29, 0.717) is 25.3 Å². The maximum atomic E-state index is 12.8. The van der Waals surface area contributed by atoms with Crippen molar-refractivity contribution in [1.29, 1.82) is 0 Å². The van der Waals surface area contributed by atoms with Gasteiger partial charge >= 0.3 is 0 Å². The van der Waals surface area contributed by atoms with Gasteiger partial charge in [-0.3, -0.25) is 4.79 Å². The van der Waals surface area contributed by atoms with Crippen LogP contribution >= 0.6 is 0 Å². The molecule has 0 aromatic heterocycles. The monoisotopic (exact) mass is 332 g/mol. The molecule has 2 aliphatic heterocycles. The molecule has 1 amide bonds. The van der Waals surface area contributed by atoms with Gasteiger partial charge in [0.05, 0.1) is 6.10 Å². The first-order valence-electron chi connectivity index (χ1n) is 8.85. The van der Waals surface area contributed by atoms with Crippen LogP contribution < -0.4 is 10.5 Å². The topological polar surface area (TPSA) is 64.8 Å². The van der Waals surface area contributed by atoms with Gasteiger partial charge in [0.2, 0.25) is 0 Å². The van der Waals surface area contributed by atoms with Gasteiger partial charge in [-0.2, -0.15) is 0 Å². The highest BCUT2D eigenvalue weighted by atomic mass is 16.5. The number of benzene rings is 1. The summed E-state index contributed by atoms with van der Waals surface area (Å²) in [5.74, 6) is 0.780. The second-order valence-electron chi connectivity index (χ2n) is 7.58. The highest BCUT2D eigenvalue weighted by molar-refractivity contribution is 5.94. The average Bonchev–Trinajstić information content (AvgIpc) is 3.08. The van der Waals surface area contributed by atoms with Crippen LogP contribution in [0.3, 0.4) is 0 Å². The molecule has 0 radical (unpaired) electrons. The number of nitrogens with zero attached hydrogens (tertiary/aromatic N) is 1. The van der Waals surface area contributed by atoms with Crippen molar-refractivity contribution < 1.29 is 14.3 Å². The van der Waals surface area contributed by atoms with E-state index in [-0.39, 0.29) is 23.5 Å². The zero-order chi connectivity index (χ0) is 17.2. The fraction of sp³-hybridized carbons (Fsp3) is 0.632. The predicted molar refractivity (Wildman–Crippen MR) is 93.2 cm³/mol. The summed E-state index contributed by atoms with van der Waals surface area (Å²) in [7, 11) is 0. The molecule has 0 aliphatic carbocycles. The Morgan fingerprint density at radius 2 is 2.25 bits per heavy atom. The van der Waals surface area contributed by atoms with Crippen molar-refractivity contribution in [2.24, 2.45) is 11.1 Å². The lowest BCUT2D eigenvalue weighted by atomic mass is 9.79. The van der Waals surface area contributed by atoms with Crippen LogP contribution in [-0.4, -0.2) is 49.3 Å². The number of amides is 1. The van der Waals surface area contributed by atoms with Gasteiger partial charge < -0.3 is 20.1 Å². The SMILES string of the molecule is CC1(C)CN(C(=O)c2cccc(OCC3CCCO3)c2)CCC1N. The third-order valence-electron chi connectivity index (χ3n) is 5.14. The van der Waals surface area contributed by atoms with E-state index in [1.807, 2.05) is 29.2 Å². The van der Waals surface area contributed by atoms with Gasteiger partial charge in [0.25, 0.3) is 5.91 Å². The normalized spacial score (nSPS) is 26.4. The third-order valence-corrected chi connectivity index (χ3v) is 5.14.